The van der Waals surface area contributed by atoms with Crippen LogP contribution in [0.25, 0.3) is 32.7 Å². The molecule has 158 valence electrons. The Morgan fingerprint density at radius 2 is 1.41 bits per heavy atom. The molecule has 0 aliphatic carbocycles. The average Bonchev–Trinajstić information content (AvgIpc) is 2.86. The van der Waals surface area contributed by atoms with Crippen molar-refractivity contribution in [3.05, 3.63) is 97.6 Å². The molecule has 1 atom stereocenters. The van der Waals surface area contributed by atoms with E-state index < -0.39 is 0 Å². The number of ether oxygens (including phenoxy) is 2. The molecule has 3 aromatic carbocycles. The Bertz CT molecular complexity index is 1370. The summed E-state index contributed by atoms with van der Waals surface area (Å²) in [7, 11) is 0. The lowest BCUT2D eigenvalue weighted by atomic mass is 10.0. The number of rotatable bonds is 7. The van der Waals surface area contributed by atoms with Crippen LogP contribution in [0.15, 0.2) is 97.6 Å². The molecule has 2 heterocycles. The van der Waals surface area contributed by atoms with E-state index in [1.54, 1.807) is 12.4 Å². The summed E-state index contributed by atoms with van der Waals surface area (Å²) in [5.41, 5.74) is 8.28. The first-order valence-corrected chi connectivity index (χ1v) is 10.5. The maximum atomic E-state index is 6.22. The molecule has 5 aromatic rings. The summed E-state index contributed by atoms with van der Waals surface area (Å²) in [6, 6.07) is 24.2. The number of hydrogen-bond donors (Lipinski definition) is 1. The molecule has 2 N–H and O–H groups in total. The van der Waals surface area contributed by atoms with Crippen LogP contribution in [0, 0.1) is 0 Å². The van der Waals surface area contributed by atoms with E-state index in [0.717, 1.165) is 33.0 Å². The predicted molar refractivity (Wildman–Crippen MR) is 128 cm³/mol. The van der Waals surface area contributed by atoms with Crippen molar-refractivity contribution in [3.8, 4) is 22.6 Å². The van der Waals surface area contributed by atoms with E-state index in [4.69, 9.17) is 15.2 Å². The first-order valence-electron chi connectivity index (χ1n) is 10.5. The highest BCUT2D eigenvalue weighted by atomic mass is 16.5. The lowest BCUT2D eigenvalue weighted by molar-refractivity contribution is 0.220. The lowest BCUT2D eigenvalue weighted by Gasteiger charge is -2.15. The summed E-state index contributed by atoms with van der Waals surface area (Å²) in [4.78, 5) is 8.50. The van der Waals surface area contributed by atoms with Crippen LogP contribution in [-0.2, 0) is 0 Å². The molecule has 0 aliphatic heterocycles. The second-order valence-corrected chi connectivity index (χ2v) is 7.74. The van der Waals surface area contributed by atoms with E-state index in [1.807, 2.05) is 54.9 Å². The number of nitrogens with two attached hydrogens (primary N) is 1. The topological polar surface area (TPSA) is 70.3 Å². The van der Waals surface area contributed by atoms with Crippen LogP contribution in [-0.4, -0.2) is 29.2 Å². The average molecular weight is 422 g/mol. The molecule has 32 heavy (non-hydrogen) atoms. The van der Waals surface area contributed by atoms with Crippen LogP contribution in [0.5, 0.6) is 11.5 Å². The molecule has 0 unspecified atom stereocenters. The van der Waals surface area contributed by atoms with Crippen LogP contribution in [0.2, 0.25) is 0 Å². The third-order valence-electron chi connectivity index (χ3n) is 5.34. The molecule has 5 nitrogen and oxygen atoms in total. The minimum absolute atomic E-state index is 0.265. The zero-order chi connectivity index (χ0) is 21.8. The van der Waals surface area contributed by atoms with E-state index in [-0.39, 0.29) is 6.04 Å². The Labute approximate surface area is 186 Å². The fourth-order valence-corrected chi connectivity index (χ4v) is 3.63. The highest BCUT2D eigenvalue weighted by Crippen LogP contribution is 2.26. The molecule has 0 radical (unpaired) electrons. The van der Waals surface area contributed by atoms with Crippen molar-refractivity contribution in [2.24, 2.45) is 5.73 Å². The molecule has 0 saturated heterocycles. The lowest BCUT2D eigenvalue weighted by Crippen LogP contribution is -2.34. The Kier molecular flexibility index (Phi) is 5.64. The van der Waals surface area contributed by atoms with Crippen molar-refractivity contribution in [1.82, 2.24) is 9.97 Å². The molecular formula is C27H23N3O2. The molecule has 2 aromatic heterocycles. The van der Waals surface area contributed by atoms with Gasteiger partial charge in [-0.3, -0.25) is 9.97 Å². The number of fused-ring (bicyclic) bond motifs is 2. The molecule has 0 bridgehead atoms. The van der Waals surface area contributed by atoms with Crippen LogP contribution in [0.1, 0.15) is 0 Å². The molecule has 0 fully saturated rings. The summed E-state index contributed by atoms with van der Waals surface area (Å²) >= 11 is 0. The SMILES string of the molecule is N[C@H](COc1cncc(-c2ccc3cnccc3c2)c1)COc1ccc2ccccc2c1. The first-order chi connectivity index (χ1) is 15.7. The Balaban J connectivity index is 1.20. The van der Waals surface area contributed by atoms with Crippen molar-refractivity contribution in [2.45, 2.75) is 6.04 Å². The second-order valence-electron chi connectivity index (χ2n) is 7.74. The van der Waals surface area contributed by atoms with Crippen LogP contribution in [0.4, 0.5) is 0 Å². The number of pyridine rings is 2. The van der Waals surface area contributed by atoms with Crippen LogP contribution in [0.3, 0.4) is 0 Å². The summed E-state index contributed by atoms with van der Waals surface area (Å²) in [5, 5.41) is 4.57. The maximum Gasteiger partial charge on any atom is 0.138 e. The van der Waals surface area contributed by atoms with E-state index in [2.05, 4.69) is 40.3 Å². The van der Waals surface area contributed by atoms with Gasteiger partial charge in [-0.1, -0.05) is 42.5 Å². The first kappa shape index (κ1) is 20.0. The summed E-state index contributed by atoms with van der Waals surface area (Å²) < 4.78 is 11.8. The van der Waals surface area contributed by atoms with E-state index >= 15 is 0 Å². The van der Waals surface area contributed by atoms with Gasteiger partial charge in [-0.15, -0.1) is 0 Å². The van der Waals surface area contributed by atoms with Gasteiger partial charge >= 0.3 is 0 Å². The standard InChI is InChI=1S/C27H23N3O2/c28-25(17-31-26-8-7-19-3-1-2-4-20(19)12-26)18-32-27-13-24(15-30-16-27)21-5-6-23-14-29-10-9-22(23)11-21/h1-16,25H,17-18,28H2/t25-/m0/s1. The Morgan fingerprint density at radius 1 is 0.625 bits per heavy atom. The minimum atomic E-state index is -0.265. The van der Waals surface area contributed by atoms with Crippen LogP contribution >= 0.6 is 0 Å². The third kappa shape index (κ3) is 4.53. The molecule has 5 rings (SSSR count). The van der Waals surface area contributed by atoms with E-state index in [0.29, 0.717) is 19.0 Å². The van der Waals surface area contributed by atoms with E-state index in [9.17, 15) is 0 Å². The monoisotopic (exact) mass is 421 g/mol. The smallest absolute Gasteiger partial charge is 0.138 e. The zero-order valence-electron chi connectivity index (χ0n) is 17.5. The normalized spacial score (nSPS) is 12.0. The van der Waals surface area contributed by atoms with Crippen molar-refractivity contribution in [3.63, 3.8) is 0 Å². The minimum Gasteiger partial charge on any atom is -0.492 e. The van der Waals surface area contributed by atoms with Gasteiger partial charge in [0.15, 0.2) is 0 Å². The summed E-state index contributed by atoms with van der Waals surface area (Å²) in [6.45, 7) is 0.701. The largest absolute Gasteiger partial charge is 0.492 e. The Morgan fingerprint density at radius 3 is 2.31 bits per heavy atom. The molecule has 0 amide bonds. The van der Waals surface area contributed by atoms with Crippen LogP contribution < -0.4 is 15.2 Å². The van der Waals surface area contributed by atoms with Gasteiger partial charge in [0.05, 0.1) is 12.2 Å². The fraction of sp³-hybridized carbons (Fsp3) is 0.111. The summed E-state index contributed by atoms with van der Waals surface area (Å²) in [6.07, 6.45) is 7.19. The van der Waals surface area contributed by atoms with Gasteiger partial charge in [0.1, 0.15) is 24.7 Å². The fourth-order valence-electron chi connectivity index (χ4n) is 3.63. The quantitative estimate of drug-likeness (QED) is 0.389. The maximum absolute atomic E-state index is 6.22. The molecular weight excluding hydrogens is 398 g/mol. The highest BCUT2D eigenvalue weighted by Gasteiger charge is 2.08. The van der Waals surface area contributed by atoms with Gasteiger partial charge in [-0.2, -0.15) is 0 Å². The van der Waals surface area contributed by atoms with Gasteiger partial charge in [-0.25, -0.2) is 0 Å². The molecule has 5 heteroatoms. The zero-order valence-corrected chi connectivity index (χ0v) is 17.5. The van der Waals surface area contributed by atoms with Gasteiger partial charge < -0.3 is 15.2 Å². The molecule has 0 aliphatic rings. The van der Waals surface area contributed by atoms with Gasteiger partial charge in [-0.05, 0) is 52.1 Å². The molecule has 0 spiro atoms. The number of hydrogen-bond acceptors (Lipinski definition) is 5. The molecule has 0 saturated carbocycles. The highest BCUT2D eigenvalue weighted by molar-refractivity contribution is 5.86. The second kappa shape index (κ2) is 9.04. The van der Waals surface area contributed by atoms with Gasteiger partial charge in [0.25, 0.3) is 0 Å². The number of aromatic nitrogens is 2. The summed E-state index contributed by atoms with van der Waals surface area (Å²) in [5.74, 6) is 1.48. The van der Waals surface area contributed by atoms with E-state index in [1.165, 1.54) is 5.39 Å². The van der Waals surface area contributed by atoms with Crippen molar-refractivity contribution < 1.29 is 9.47 Å². The predicted octanol–water partition coefficient (Wildman–Crippen LogP) is 5.24. The van der Waals surface area contributed by atoms with Gasteiger partial charge in [0.2, 0.25) is 0 Å². The number of nitrogens with zero attached hydrogens (tertiary/aromatic N) is 2. The van der Waals surface area contributed by atoms with Crippen molar-refractivity contribution >= 4 is 21.5 Å². The number of benzene rings is 3. The van der Waals surface area contributed by atoms with Gasteiger partial charge in [0, 0.05) is 29.5 Å². The van der Waals surface area contributed by atoms with Crippen molar-refractivity contribution in [2.75, 3.05) is 13.2 Å². The van der Waals surface area contributed by atoms with Crippen molar-refractivity contribution in [1.29, 1.82) is 0 Å². The third-order valence-corrected chi connectivity index (χ3v) is 5.34. The Hall–Kier alpha value is -3.96.